The molecule has 0 aliphatic heterocycles. The number of aliphatic hydroxyl groups is 2. The van der Waals surface area contributed by atoms with Crippen molar-refractivity contribution in [2.45, 2.75) is 40.2 Å². The van der Waals surface area contributed by atoms with Crippen LogP contribution in [0.25, 0.3) is 5.76 Å². The second-order valence-electron chi connectivity index (χ2n) is 8.49. The molecular formula is C24H26ClF3N2O4. The Kier molecular flexibility index (Phi) is 9.23. The Morgan fingerprint density at radius 3 is 2.50 bits per heavy atom. The van der Waals surface area contributed by atoms with Gasteiger partial charge in [0.1, 0.15) is 17.1 Å². The second kappa shape index (κ2) is 11.5. The van der Waals surface area contributed by atoms with Crippen molar-refractivity contribution in [2.24, 2.45) is 10.4 Å². The van der Waals surface area contributed by atoms with E-state index in [0.29, 0.717) is 0 Å². The van der Waals surface area contributed by atoms with Crippen LogP contribution in [-0.2, 0) is 16.0 Å². The van der Waals surface area contributed by atoms with Crippen molar-refractivity contribution in [1.82, 2.24) is 4.98 Å². The molecule has 0 fully saturated rings. The fourth-order valence-electron chi connectivity index (χ4n) is 2.97. The van der Waals surface area contributed by atoms with E-state index in [9.17, 15) is 28.2 Å². The van der Waals surface area contributed by atoms with Crippen LogP contribution in [-0.4, -0.2) is 46.6 Å². The predicted molar refractivity (Wildman–Crippen MR) is 123 cm³/mol. The lowest BCUT2D eigenvalue weighted by Gasteiger charge is -2.25. The van der Waals surface area contributed by atoms with E-state index < -0.39 is 52.0 Å². The third-order valence-corrected chi connectivity index (χ3v) is 5.27. The van der Waals surface area contributed by atoms with Crippen LogP contribution in [0.2, 0.25) is 5.02 Å². The number of hydrogen-bond donors (Lipinski definition) is 2. The second-order valence-corrected chi connectivity index (χ2v) is 8.90. The molecule has 0 aliphatic rings. The molecule has 1 heterocycles. The summed E-state index contributed by atoms with van der Waals surface area (Å²) in [5.74, 6) is -5.29. The van der Waals surface area contributed by atoms with Gasteiger partial charge in [0.15, 0.2) is 0 Å². The number of halogens is 4. The molecule has 0 saturated heterocycles. The molecule has 2 N–H and O–H groups in total. The molecule has 0 amide bonds. The van der Waals surface area contributed by atoms with Gasteiger partial charge in [-0.2, -0.15) is 13.8 Å². The molecule has 0 radical (unpaired) electrons. The standard InChI is InChI=1S/C24H26ClF3N2O4/c1-5-34-23(33)16(11-29-18(12-31)24(2,3)4)20(32)15-10-14(21(27)30-22(15)28)9-13-7-6-8-17(25)19(13)26/h6-8,10-11,18,31-32H,5,9,12H2,1-4H3/t18-/m1/s1. The number of nitrogens with zero attached hydrogens (tertiary/aromatic N) is 2. The maximum absolute atomic E-state index is 14.5. The fourth-order valence-corrected chi connectivity index (χ4v) is 3.16. The molecule has 0 aliphatic carbocycles. The number of benzene rings is 1. The molecule has 184 valence electrons. The highest BCUT2D eigenvalue weighted by Gasteiger charge is 2.25. The molecule has 2 aromatic rings. The Morgan fingerprint density at radius 1 is 1.24 bits per heavy atom. The normalized spacial score (nSPS) is 13.7. The Hall–Kier alpha value is -2.91. The summed E-state index contributed by atoms with van der Waals surface area (Å²) in [5.41, 5.74) is -1.83. The topological polar surface area (TPSA) is 92.0 Å². The van der Waals surface area contributed by atoms with E-state index >= 15 is 0 Å². The van der Waals surface area contributed by atoms with E-state index in [0.717, 1.165) is 12.3 Å². The number of aromatic nitrogens is 1. The minimum Gasteiger partial charge on any atom is -0.506 e. The molecule has 1 aromatic carbocycles. The fraction of sp³-hybridized carbons (Fsp3) is 0.375. The Morgan fingerprint density at radius 2 is 1.91 bits per heavy atom. The summed E-state index contributed by atoms with van der Waals surface area (Å²) >= 11 is 5.76. The molecule has 1 atom stereocenters. The number of aliphatic imine (C=N–C) groups is 1. The molecule has 6 nitrogen and oxygen atoms in total. The monoisotopic (exact) mass is 498 g/mol. The third-order valence-electron chi connectivity index (χ3n) is 4.98. The average Bonchev–Trinajstić information content (AvgIpc) is 2.75. The third kappa shape index (κ3) is 6.57. The van der Waals surface area contributed by atoms with Crippen LogP contribution in [0, 0.1) is 23.1 Å². The van der Waals surface area contributed by atoms with Gasteiger partial charge in [0.05, 0.1) is 29.8 Å². The summed E-state index contributed by atoms with van der Waals surface area (Å²) in [4.78, 5) is 19.8. The number of hydrogen-bond acceptors (Lipinski definition) is 6. The lowest BCUT2D eigenvalue weighted by atomic mass is 9.88. The maximum atomic E-state index is 14.5. The van der Waals surface area contributed by atoms with E-state index in [1.165, 1.54) is 25.1 Å². The zero-order valence-corrected chi connectivity index (χ0v) is 20.0. The van der Waals surface area contributed by atoms with E-state index in [2.05, 4.69) is 9.98 Å². The van der Waals surface area contributed by atoms with E-state index in [-0.39, 0.29) is 35.8 Å². The molecule has 0 spiro atoms. The van der Waals surface area contributed by atoms with Crippen LogP contribution >= 0.6 is 11.6 Å². The zero-order valence-electron chi connectivity index (χ0n) is 19.2. The number of rotatable bonds is 8. The van der Waals surface area contributed by atoms with Crippen molar-refractivity contribution in [1.29, 1.82) is 0 Å². The maximum Gasteiger partial charge on any atom is 0.343 e. The van der Waals surface area contributed by atoms with E-state index in [1.807, 2.05) is 20.8 Å². The quantitative estimate of drug-likeness (QED) is 0.175. The lowest BCUT2D eigenvalue weighted by molar-refractivity contribution is -0.137. The van der Waals surface area contributed by atoms with Gasteiger partial charge in [-0.3, -0.25) is 4.99 Å². The van der Waals surface area contributed by atoms with Crippen molar-refractivity contribution < 1.29 is 32.9 Å². The molecule has 2 rings (SSSR count). The van der Waals surface area contributed by atoms with Crippen LogP contribution in [0.5, 0.6) is 0 Å². The van der Waals surface area contributed by atoms with Crippen molar-refractivity contribution in [3.05, 3.63) is 69.3 Å². The van der Waals surface area contributed by atoms with Gasteiger partial charge in [-0.05, 0) is 30.0 Å². The van der Waals surface area contributed by atoms with Gasteiger partial charge in [-0.15, -0.1) is 0 Å². The summed E-state index contributed by atoms with van der Waals surface area (Å²) in [5, 5.41) is 20.2. The molecule has 34 heavy (non-hydrogen) atoms. The van der Waals surface area contributed by atoms with Gasteiger partial charge in [-0.25, -0.2) is 9.18 Å². The number of aliphatic hydroxyl groups excluding tert-OH is 2. The molecule has 0 bridgehead atoms. The molecule has 1 aromatic heterocycles. The smallest absolute Gasteiger partial charge is 0.343 e. The molecule has 10 heteroatoms. The first-order valence-electron chi connectivity index (χ1n) is 10.4. The highest BCUT2D eigenvalue weighted by atomic mass is 35.5. The lowest BCUT2D eigenvalue weighted by Crippen LogP contribution is -2.28. The molecule has 0 saturated carbocycles. The van der Waals surface area contributed by atoms with Gasteiger partial charge < -0.3 is 14.9 Å². The highest BCUT2D eigenvalue weighted by Crippen LogP contribution is 2.26. The predicted octanol–water partition coefficient (Wildman–Crippen LogP) is 5.05. The summed E-state index contributed by atoms with van der Waals surface area (Å²) in [6.07, 6.45) is 0.629. The Bertz CT molecular complexity index is 1110. The minimum atomic E-state index is -1.39. The SMILES string of the molecule is CCOC(=O)C(C=N[C@H](CO)C(C)(C)C)=C(O)c1cc(Cc2cccc(Cl)c2F)c(F)nc1F. The number of carbonyl (C=O) groups excluding carboxylic acids is 1. The van der Waals surface area contributed by atoms with Crippen LogP contribution in [0.3, 0.4) is 0 Å². The summed E-state index contributed by atoms with van der Waals surface area (Å²) in [6, 6.07) is 4.44. The van der Waals surface area contributed by atoms with Crippen molar-refractivity contribution in [3.63, 3.8) is 0 Å². The summed E-state index contributed by atoms with van der Waals surface area (Å²) in [7, 11) is 0. The Labute approximate surface area is 200 Å². The summed E-state index contributed by atoms with van der Waals surface area (Å²) in [6.45, 7) is 6.57. The van der Waals surface area contributed by atoms with E-state index in [1.54, 1.807) is 0 Å². The first kappa shape index (κ1) is 27.3. The van der Waals surface area contributed by atoms with Crippen LogP contribution in [0.15, 0.2) is 34.8 Å². The Balaban J connectivity index is 2.61. The van der Waals surface area contributed by atoms with Crippen molar-refractivity contribution in [3.8, 4) is 0 Å². The van der Waals surface area contributed by atoms with Crippen LogP contribution < -0.4 is 0 Å². The largest absolute Gasteiger partial charge is 0.506 e. The van der Waals surface area contributed by atoms with Gasteiger partial charge in [0.2, 0.25) is 11.9 Å². The van der Waals surface area contributed by atoms with Crippen molar-refractivity contribution in [2.75, 3.05) is 13.2 Å². The number of esters is 1. The average molecular weight is 499 g/mol. The number of pyridine rings is 1. The van der Waals surface area contributed by atoms with Gasteiger partial charge >= 0.3 is 5.97 Å². The highest BCUT2D eigenvalue weighted by molar-refractivity contribution is 6.30. The van der Waals surface area contributed by atoms with E-state index in [4.69, 9.17) is 16.3 Å². The molecule has 0 unspecified atom stereocenters. The van der Waals surface area contributed by atoms with Crippen LogP contribution in [0.1, 0.15) is 44.4 Å². The minimum absolute atomic E-state index is 0.0253. The van der Waals surface area contributed by atoms with Gasteiger partial charge in [0.25, 0.3) is 0 Å². The first-order chi connectivity index (χ1) is 15.9. The number of carbonyl (C=O) groups is 1. The number of ether oxygens (including phenoxy) is 1. The van der Waals surface area contributed by atoms with Gasteiger partial charge in [0, 0.05) is 18.2 Å². The van der Waals surface area contributed by atoms with Crippen LogP contribution in [0.4, 0.5) is 13.2 Å². The zero-order chi connectivity index (χ0) is 25.6. The molecular weight excluding hydrogens is 473 g/mol. The summed E-state index contributed by atoms with van der Waals surface area (Å²) < 4.78 is 48.1. The first-order valence-corrected chi connectivity index (χ1v) is 10.8. The van der Waals surface area contributed by atoms with Gasteiger partial charge in [-0.1, -0.05) is 44.5 Å². The van der Waals surface area contributed by atoms with Crippen molar-refractivity contribution >= 4 is 29.5 Å².